The Hall–Kier alpha value is -2.50. The van der Waals surface area contributed by atoms with Crippen molar-refractivity contribution < 1.29 is 22.8 Å². The van der Waals surface area contributed by atoms with E-state index in [0.29, 0.717) is 56.8 Å². The zero-order chi connectivity index (χ0) is 22.8. The molecule has 1 atom stereocenters. The van der Waals surface area contributed by atoms with Crippen LogP contribution in [-0.4, -0.2) is 81.2 Å². The van der Waals surface area contributed by atoms with Crippen LogP contribution in [0.3, 0.4) is 0 Å². The Labute approximate surface area is 182 Å². The van der Waals surface area contributed by atoms with Crippen molar-refractivity contribution in [2.24, 2.45) is 5.73 Å². The number of amides is 3. The Morgan fingerprint density at radius 3 is 2.39 bits per heavy atom. The molecule has 1 aromatic carbocycles. The van der Waals surface area contributed by atoms with Crippen LogP contribution in [-0.2, 0) is 24.4 Å². The monoisotopic (exact) mass is 451 g/mol. The number of sulfonamides is 1. The summed E-state index contributed by atoms with van der Waals surface area (Å²) in [6, 6.07) is 2.90. The second-order valence-corrected chi connectivity index (χ2v) is 9.45. The molecule has 2 aliphatic rings. The molecular formula is C20H29N5O5S. The van der Waals surface area contributed by atoms with Crippen LogP contribution in [0.4, 0.5) is 5.69 Å². The molecule has 1 aromatic rings. The fourth-order valence-corrected chi connectivity index (χ4v) is 5.42. The lowest BCUT2D eigenvalue weighted by Crippen LogP contribution is -2.58. The van der Waals surface area contributed by atoms with Gasteiger partial charge < -0.3 is 20.4 Å². The Morgan fingerprint density at radius 2 is 1.84 bits per heavy atom. The number of piperazine rings is 1. The molecular weight excluding hydrogens is 422 g/mol. The third kappa shape index (κ3) is 4.89. The summed E-state index contributed by atoms with van der Waals surface area (Å²) in [5, 5.41) is 0. The maximum absolute atomic E-state index is 13.1. The Balaban J connectivity index is 1.83. The van der Waals surface area contributed by atoms with Gasteiger partial charge in [0.2, 0.25) is 21.8 Å². The highest BCUT2D eigenvalue weighted by atomic mass is 32.2. The molecule has 0 spiro atoms. The Bertz CT molecular complexity index is 972. The van der Waals surface area contributed by atoms with Gasteiger partial charge in [0, 0.05) is 44.8 Å². The lowest BCUT2D eigenvalue weighted by molar-refractivity contribution is -0.139. The summed E-state index contributed by atoms with van der Waals surface area (Å²) in [6.45, 7) is 7.06. The van der Waals surface area contributed by atoms with Crippen molar-refractivity contribution in [2.45, 2.75) is 37.6 Å². The van der Waals surface area contributed by atoms with E-state index in [9.17, 15) is 22.8 Å². The molecule has 0 unspecified atom stereocenters. The summed E-state index contributed by atoms with van der Waals surface area (Å²) in [7, 11) is -4.25. The average Bonchev–Trinajstić information content (AvgIpc) is 3.17. The van der Waals surface area contributed by atoms with Crippen LogP contribution >= 0.6 is 0 Å². The van der Waals surface area contributed by atoms with Crippen LogP contribution in [0.2, 0.25) is 0 Å². The summed E-state index contributed by atoms with van der Waals surface area (Å²) >= 11 is 0. The first-order chi connectivity index (χ1) is 14.7. The third-order valence-corrected chi connectivity index (χ3v) is 7.41. The second-order valence-electron chi connectivity index (χ2n) is 7.77. The molecule has 0 saturated carbocycles. The molecule has 0 radical (unpaired) electrons. The first kappa shape index (κ1) is 23.2. The number of nitrogens with one attached hydrogen (secondary N) is 1. The van der Waals surface area contributed by atoms with Crippen molar-refractivity contribution in [2.75, 3.05) is 44.2 Å². The minimum atomic E-state index is -4.25. The van der Waals surface area contributed by atoms with Crippen molar-refractivity contribution >= 4 is 33.4 Å². The quantitative estimate of drug-likeness (QED) is 0.533. The smallest absolute Gasteiger partial charge is 0.250 e. The first-order valence-electron chi connectivity index (χ1n) is 10.4. The molecule has 3 amide bonds. The number of carbonyl (C=O) groups is 3. The highest BCUT2D eigenvalue weighted by molar-refractivity contribution is 7.89. The van der Waals surface area contributed by atoms with Crippen LogP contribution < -0.4 is 15.4 Å². The van der Waals surface area contributed by atoms with E-state index in [0.717, 1.165) is 6.54 Å². The van der Waals surface area contributed by atoms with Crippen molar-refractivity contribution in [3.05, 3.63) is 23.8 Å². The zero-order valence-electron chi connectivity index (χ0n) is 17.8. The number of hydrogen-bond acceptors (Lipinski definition) is 6. The minimum Gasteiger partial charge on any atom is -0.368 e. The van der Waals surface area contributed by atoms with Gasteiger partial charge in [0.05, 0.1) is 4.90 Å². The normalized spacial score (nSPS) is 19.0. The average molecular weight is 452 g/mol. The van der Waals surface area contributed by atoms with E-state index in [-0.39, 0.29) is 10.8 Å². The van der Waals surface area contributed by atoms with Crippen molar-refractivity contribution in [3.63, 3.8) is 0 Å². The summed E-state index contributed by atoms with van der Waals surface area (Å²) in [5.74, 6) is -1.78. The highest BCUT2D eigenvalue weighted by Gasteiger charge is 2.35. The maximum Gasteiger partial charge on any atom is 0.250 e. The van der Waals surface area contributed by atoms with Crippen LogP contribution in [0.25, 0.3) is 0 Å². The summed E-state index contributed by atoms with van der Waals surface area (Å²) in [6.07, 6.45) is 1.12. The van der Waals surface area contributed by atoms with Crippen LogP contribution in [0, 0.1) is 6.92 Å². The minimum absolute atomic E-state index is 0.0676. The predicted molar refractivity (Wildman–Crippen MR) is 115 cm³/mol. The molecule has 0 aromatic heterocycles. The number of nitrogens with two attached hydrogens (primary N) is 1. The van der Waals surface area contributed by atoms with Gasteiger partial charge in [0.25, 0.3) is 5.91 Å². The Kier molecular flexibility index (Phi) is 6.97. The first-order valence-corrected chi connectivity index (χ1v) is 11.9. The molecule has 2 heterocycles. The Morgan fingerprint density at radius 1 is 1.16 bits per heavy atom. The van der Waals surface area contributed by atoms with E-state index in [4.69, 9.17) is 5.73 Å². The lowest BCUT2D eigenvalue weighted by atomic mass is 10.2. The van der Waals surface area contributed by atoms with Crippen LogP contribution in [0.1, 0.15) is 25.3 Å². The molecule has 10 nitrogen and oxygen atoms in total. The van der Waals surface area contributed by atoms with E-state index < -0.39 is 27.9 Å². The highest BCUT2D eigenvalue weighted by Crippen LogP contribution is 2.29. The van der Waals surface area contributed by atoms with Gasteiger partial charge >= 0.3 is 0 Å². The molecule has 2 fully saturated rings. The van der Waals surface area contributed by atoms with Gasteiger partial charge in [-0.15, -0.1) is 0 Å². The van der Waals surface area contributed by atoms with Gasteiger partial charge in [-0.1, -0.05) is 13.0 Å². The third-order valence-electron chi connectivity index (χ3n) is 5.84. The van der Waals surface area contributed by atoms with Gasteiger partial charge in [0.1, 0.15) is 0 Å². The topological polar surface area (TPSA) is 133 Å². The predicted octanol–water partition coefficient (Wildman–Crippen LogP) is -0.582. The zero-order valence-corrected chi connectivity index (χ0v) is 18.7. The number of rotatable bonds is 7. The van der Waals surface area contributed by atoms with E-state index in [1.807, 2.05) is 6.92 Å². The van der Waals surface area contributed by atoms with Crippen LogP contribution in [0.5, 0.6) is 0 Å². The number of nitrogens with zero attached hydrogens (tertiary/aromatic N) is 3. The van der Waals surface area contributed by atoms with Crippen molar-refractivity contribution in [1.29, 1.82) is 0 Å². The van der Waals surface area contributed by atoms with Gasteiger partial charge in [-0.25, -0.2) is 8.42 Å². The number of anilines is 1. The maximum atomic E-state index is 13.1. The SMILES string of the molecule is CCN1CCN(C(=O)[C@@H](NS(=O)(=O)c2cccc(N3CCCC3=O)c2C)C(N)=O)CC1. The van der Waals surface area contributed by atoms with Gasteiger partial charge in [0.15, 0.2) is 6.04 Å². The molecule has 2 saturated heterocycles. The summed E-state index contributed by atoms with van der Waals surface area (Å²) in [5.41, 5.74) is 6.27. The number of likely N-dealkylation sites (N-methyl/N-ethyl adjacent to an activating group) is 1. The number of primary amides is 1. The fraction of sp³-hybridized carbons (Fsp3) is 0.550. The van der Waals surface area contributed by atoms with Gasteiger partial charge in [-0.3, -0.25) is 14.4 Å². The molecule has 3 N–H and O–H groups in total. The number of carbonyl (C=O) groups excluding carboxylic acids is 3. The van der Waals surface area contributed by atoms with Gasteiger partial charge in [-0.05, 0) is 37.6 Å². The standard InChI is InChI=1S/C20H29N5O5S/c1-3-23-10-12-24(13-11-23)20(28)18(19(21)27)22-31(29,30)16-7-4-6-15(14(16)2)25-9-5-8-17(25)26/h4,6-7,18,22H,3,5,8-13H2,1-2H3,(H2,21,27)/t18-/m0/s1. The fourth-order valence-electron chi connectivity index (χ4n) is 4.01. The molecule has 11 heteroatoms. The molecule has 0 aliphatic carbocycles. The van der Waals surface area contributed by atoms with Gasteiger partial charge in [-0.2, -0.15) is 4.72 Å². The van der Waals surface area contributed by atoms with E-state index in [1.165, 1.54) is 17.0 Å². The lowest BCUT2D eigenvalue weighted by Gasteiger charge is -2.35. The molecule has 31 heavy (non-hydrogen) atoms. The molecule has 0 bridgehead atoms. The van der Waals surface area contributed by atoms with Crippen LogP contribution in [0.15, 0.2) is 23.1 Å². The molecule has 170 valence electrons. The van der Waals surface area contributed by atoms with E-state index >= 15 is 0 Å². The largest absolute Gasteiger partial charge is 0.368 e. The molecule has 2 aliphatic heterocycles. The van der Waals surface area contributed by atoms with E-state index in [2.05, 4.69) is 9.62 Å². The number of hydrogen-bond donors (Lipinski definition) is 2. The summed E-state index contributed by atoms with van der Waals surface area (Å²) < 4.78 is 28.4. The summed E-state index contributed by atoms with van der Waals surface area (Å²) in [4.78, 5) is 42.1. The van der Waals surface area contributed by atoms with E-state index in [1.54, 1.807) is 17.9 Å². The molecule has 3 rings (SSSR count). The van der Waals surface area contributed by atoms with Crippen molar-refractivity contribution in [3.8, 4) is 0 Å². The van der Waals surface area contributed by atoms with Crippen molar-refractivity contribution in [1.82, 2.24) is 14.5 Å². The number of benzene rings is 1. The second kappa shape index (κ2) is 9.33.